The van der Waals surface area contributed by atoms with Gasteiger partial charge in [0.25, 0.3) is 5.56 Å². The zero-order valence-electron chi connectivity index (χ0n) is 17.5. The summed E-state index contributed by atoms with van der Waals surface area (Å²) in [5.74, 6) is 0.776. The van der Waals surface area contributed by atoms with E-state index in [2.05, 4.69) is 0 Å². The van der Waals surface area contributed by atoms with Crippen molar-refractivity contribution in [2.45, 2.75) is 26.4 Å². The van der Waals surface area contributed by atoms with Crippen molar-refractivity contribution in [1.82, 2.24) is 14.0 Å². The summed E-state index contributed by atoms with van der Waals surface area (Å²) in [5, 5.41) is 0. The number of ketones is 1. The number of methoxy groups -OCH3 is 2. The van der Waals surface area contributed by atoms with Crippen molar-refractivity contribution in [3.8, 4) is 11.5 Å². The first kappa shape index (κ1) is 22.2. The Kier molecular flexibility index (Phi) is 7.22. The van der Waals surface area contributed by atoms with Crippen molar-refractivity contribution in [3.63, 3.8) is 0 Å². The summed E-state index contributed by atoms with van der Waals surface area (Å²) >= 11 is 0. The predicted octanol–water partition coefficient (Wildman–Crippen LogP) is 0.871. The van der Waals surface area contributed by atoms with Gasteiger partial charge in [0, 0.05) is 31.8 Å². The van der Waals surface area contributed by atoms with Crippen LogP contribution in [-0.2, 0) is 20.1 Å². The molecule has 1 aromatic carbocycles. The van der Waals surface area contributed by atoms with Crippen molar-refractivity contribution < 1.29 is 14.3 Å². The van der Waals surface area contributed by atoms with Crippen molar-refractivity contribution in [2.24, 2.45) is 7.05 Å². The minimum Gasteiger partial charge on any atom is -0.497 e. The molecule has 0 saturated heterocycles. The van der Waals surface area contributed by atoms with Gasteiger partial charge in [-0.15, -0.1) is 0 Å². The van der Waals surface area contributed by atoms with E-state index in [-0.39, 0.29) is 17.9 Å². The number of carbonyl (C=O) groups excluding carboxylic acids is 1. The minimum atomic E-state index is -0.680. The lowest BCUT2D eigenvalue weighted by molar-refractivity contribution is 0.0940. The number of likely N-dealkylation sites (N-methyl/N-ethyl adjacent to an activating group) is 1. The first-order valence-electron chi connectivity index (χ1n) is 9.27. The summed E-state index contributed by atoms with van der Waals surface area (Å²) < 4.78 is 12.8. The SMILES string of the molecule is CCCn1c(N)c(C(=O)CN(C)Cc2ccc(OC)cc2OC)c(=O)n(C)c1=O. The topological polar surface area (TPSA) is 109 Å². The molecule has 9 heteroatoms. The van der Waals surface area contributed by atoms with E-state index in [1.54, 1.807) is 32.2 Å². The van der Waals surface area contributed by atoms with Crippen LogP contribution in [0.4, 0.5) is 5.82 Å². The third-order valence-electron chi connectivity index (χ3n) is 4.66. The van der Waals surface area contributed by atoms with Gasteiger partial charge in [0.2, 0.25) is 0 Å². The Morgan fingerprint density at radius 1 is 1.21 bits per heavy atom. The van der Waals surface area contributed by atoms with Crippen LogP contribution < -0.4 is 26.5 Å². The number of aromatic nitrogens is 2. The van der Waals surface area contributed by atoms with Crippen molar-refractivity contribution in [3.05, 3.63) is 50.2 Å². The summed E-state index contributed by atoms with van der Waals surface area (Å²) in [6.45, 7) is 2.58. The molecule has 0 radical (unpaired) electrons. The van der Waals surface area contributed by atoms with Crippen molar-refractivity contribution >= 4 is 11.6 Å². The molecule has 2 rings (SSSR count). The van der Waals surface area contributed by atoms with Crippen LogP contribution in [0, 0.1) is 0 Å². The van der Waals surface area contributed by atoms with Gasteiger partial charge in [0.05, 0.1) is 20.8 Å². The van der Waals surface area contributed by atoms with Crippen molar-refractivity contribution in [1.29, 1.82) is 0 Å². The summed E-state index contributed by atoms with van der Waals surface area (Å²) in [4.78, 5) is 39.4. The monoisotopic (exact) mass is 404 g/mol. The van der Waals surface area contributed by atoms with Crippen LogP contribution in [0.15, 0.2) is 27.8 Å². The van der Waals surface area contributed by atoms with Crippen LogP contribution in [0.2, 0.25) is 0 Å². The fourth-order valence-corrected chi connectivity index (χ4v) is 3.14. The van der Waals surface area contributed by atoms with Crippen LogP contribution in [0.5, 0.6) is 11.5 Å². The first-order chi connectivity index (χ1) is 13.7. The van der Waals surface area contributed by atoms with Gasteiger partial charge in [-0.3, -0.25) is 23.6 Å². The molecule has 9 nitrogen and oxygen atoms in total. The van der Waals surface area contributed by atoms with Gasteiger partial charge in [0.15, 0.2) is 5.78 Å². The number of hydrogen-bond donors (Lipinski definition) is 1. The second-order valence-electron chi connectivity index (χ2n) is 6.83. The summed E-state index contributed by atoms with van der Waals surface area (Å²) in [6, 6.07) is 5.43. The van der Waals surface area contributed by atoms with E-state index in [9.17, 15) is 14.4 Å². The summed E-state index contributed by atoms with van der Waals surface area (Å²) in [6.07, 6.45) is 0.646. The molecule has 29 heavy (non-hydrogen) atoms. The highest BCUT2D eigenvalue weighted by Gasteiger charge is 2.22. The number of Topliss-reactive ketones (excluding diaryl/α,β-unsaturated/α-hetero) is 1. The van der Waals surface area contributed by atoms with Gasteiger partial charge in [0.1, 0.15) is 22.9 Å². The van der Waals surface area contributed by atoms with Crippen molar-refractivity contribution in [2.75, 3.05) is 33.5 Å². The van der Waals surface area contributed by atoms with Crippen LogP contribution in [-0.4, -0.2) is 47.6 Å². The van der Waals surface area contributed by atoms with Crippen LogP contribution >= 0.6 is 0 Å². The van der Waals surface area contributed by atoms with E-state index in [0.29, 0.717) is 31.0 Å². The summed E-state index contributed by atoms with van der Waals surface area (Å²) in [5.41, 5.74) is 5.52. The van der Waals surface area contributed by atoms with E-state index in [1.165, 1.54) is 11.6 Å². The molecule has 0 aliphatic rings. The molecule has 2 aromatic rings. The average Bonchev–Trinajstić information content (AvgIpc) is 2.69. The van der Waals surface area contributed by atoms with Crippen LogP contribution in [0.3, 0.4) is 0 Å². The number of nitrogens with two attached hydrogens (primary N) is 1. The molecule has 0 fully saturated rings. The predicted molar refractivity (Wildman–Crippen MR) is 111 cm³/mol. The largest absolute Gasteiger partial charge is 0.497 e. The molecule has 0 saturated carbocycles. The summed E-state index contributed by atoms with van der Waals surface area (Å²) in [7, 11) is 6.23. The van der Waals surface area contributed by atoms with Crippen LogP contribution in [0.25, 0.3) is 0 Å². The van der Waals surface area contributed by atoms with Gasteiger partial charge in [-0.25, -0.2) is 4.79 Å². The maximum absolute atomic E-state index is 12.9. The fraction of sp³-hybridized carbons (Fsp3) is 0.450. The average molecular weight is 404 g/mol. The van der Waals surface area contributed by atoms with Gasteiger partial charge in [-0.2, -0.15) is 0 Å². The second-order valence-corrected chi connectivity index (χ2v) is 6.83. The standard InChI is InChI=1S/C20H28N4O5/c1-6-9-24-18(21)17(19(26)23(3)20(24)27)15(25)12-22(2)11-13-7-8-14(28-4)10-16(13)29-5/h7-8,10H,6,9,11-12,21H2,1-5H3. The van der Waals surface area contributed by atoms with Crippen LogP contribution in [0.1, 0.15) is 29.3 Å². The molecule has 0 spiro atoms. The minimum absolute atomic E-state index is 0.0427. The Balaban J connectivity index is 2.29. The normalized spacial score (nSPS) is 11.0. The highest BCUT2D eigenvalue weighted by Crippen LogP contribution is 2.25. The number of anilines is 1. The Morgan fingerprint density at radius 3 is 2.48 bits per heavy atom. The molecule has 1 aromatic heterocycles. The smallest absolute Gasteiger partial charge is 0.332 e. The number of carbonyl (C=O) groups is 1. The molecule has 0 aliphatic carbocycles. The van der Waals surface area contributed by atoms with Gasteiger partial charge in [-0.05, 0) is 19.5 Å². The van der Waals surface area contributed by atoms with E-state index in [0.717, 1.165) is 10.1 Å². The molecule has 0 aliphatic heterocycles. The van der Waals surface area contributed by atoms with E-state index < -0.39 is 17.0 Å². The van der Waals surface area contributed by atoms with E-state index in [4.69, 9.17) is 15.2 Å². The second kappa shape index (κ2) is 9.42. The Bertz CT molecular complexity index is 1010. The van der Waals surface area contributed by atoms with Gasteiger partial charge >= 0.3 is 5.69 Å². The number of nitrogen functional groups attached to an aromatic ring is 1. The van der Waals surface area contributed by atoms with Gasteiger partial charge in [-0.1, -0.05) is 13.0 Å². The maximum Gasteiger partial charge on any atom is 0.332 e. The number of hydrogen-bond acceptors (Lipinski definition) is 7. The van der Waals surface area contributed by atoms with E-state index in [1.807, 2.05) is 19.1 Å². The molecule has 0 bridgehead atoms. The zero-order chi connectivity index (χ0) is 21.7. The van der Waals surface area contributed by atoms with Gasteiger partial charge < -0.3 is 15.2 Å². The Hall–Kier alpha value is -3.07. The molecule has 0 unspecified atom stereocenters. The lowest BCUT2D eigenvalue weighted by Gasteiger charge is -2.19. The molecule has 1 heterocycles. The first-order valence-corrected chi connectivity index (χ1v) is 9.27. The number of nitrogens with zero attached hydrogens (tertiary/aromatic N) is 3. The highest BCUT2D eigenvalue weighted by atomic mass is 16.5. The lowest BCUT2D eigenvalue weighted by atomic mass is 10.1. The number of benzene rings is 1. The molecular formula is C20H28N4O5. The third kappa shape index (κ3) is 4.68. The molecule has 158 valence electrons. The zero-order valence-corrected chi connectivity index (χ0v) is 17.5. The maximum atomic E-state index is 12.9. The highest BCUT2D eigenvalue weighted by molar-refractivity contribution is 6.01. The lowest BCUT2D eigenvalue weighted by Crippen LogP contribution is -2.43. The molecule has 0 amide bonds. The molecule has 2 N–H and O–H groups in total. The fourth-order valence-electron chi connectivity index (χ4n) is 3.14. The number of ether oxygens (including phenoxy) is 2. The molecular weight excluding hydrogens is 376 g/mol. The third-order valence-corrected chi connectivity index (χ3v) is 4.66. The Morgan fingerprint density at radius 2 is 1.90 bits per heavy atom. The van der Waals surface area contributed by atoms with E-state index >= 15 is 0 Å². The molecule has 0 atom stereocenters. The quantitative estimate of drug-likeness (QED) is 0.618. The Labute approximate surface area is 169 Å². The number of rotatable bonds is 9.